The van der Waals surface area contributed by atoms with Gasteiger partial charge in [-0.2, -0.15) is 5.10 Å². The Bertz CT molecular complexity index is 971. The molecular weight excluding hydrogens is 369 g/mol. The standard InChI is InChI=1S/C21H24FN7/c1-23-21(25-14-16-6-2-3-8-19(16)29-12-5-11-26-29)27-17-9-13-28(15-17)20-18(22)7-4-10-24-20/h2-8,10-12,17H,9,13-15H2,1H3,(H2,23,25,27). The third-order valence-electron chi connectivity index (χ3n) is 4.98. The summed E-state index contributed by atoms with van der Waals surface area (Å²) in [6.45, 7) is 2.05. The second kappa shape index (κ2) is 8.72. The minimum atomic E-state index is -0.286. The monoisotopic (exact) mass is 393 g/mol. The van der Waals surface area contributed by atoms with Crippen molar-refractivity contribution in [1.29, 1.82) is 0 Å². The van der Waals surface area contributed by atoms with Crippen molar-refractivity contribution in [2.45, 2.75) is 19.0 Å². The van der Waals surface area contributed by atoms with Crippen molar-refractivity contribution < 1.29 is 4.39 Å². The smallest absolute Gasteiger partial charge is 0.191 e. The van der Waals surface area contributed by atoms with Gasteiger partial charge in [-0.15, -0.1) is 0 Å². The number of guanidine groups is 1. The zero-order chi connectivity index (χ0) is 20.1. The van der Waals surface area contributed by atoms with Crippen LogP contribution in [0.25, 0.3) is 5.69 Å². The topological polar surface area (TPSA) is 70.4 Å². The molecule has 2 N–H and O–H groups in total. The van der Waals surface area contributed by atoms with Gasteiger partial charge in [-0.3, -0.25) is 4.99 Å². The fourth-order valence-corrected chi connectivity index (χ4v) is 3.54. The van der Waals surface area contributed by atoms with E-state index in [1.165, 1.54) is 6.07 Å². The van der Waals surface area contributed by atoms with E-state index in [-0.39, 0.29) is 11.9 Å². The Morgan fingerprint density at radius 1 is 1.21 bits per heavy atom. The van der Waals surface area contributed by atoms with E-state index in [1.807, 2.05) is 40.0 Å². The number of pyridine rings is 1. The van der Waals surface area contributed by atoms with E-state index in [1.54, 1.807) is 25.5 Å². The highest BCUT2D eigenvalue weighted by Gasteiger charge is 2.25. The Hall–Kier alpha value is -3.42. The fraction of sp³-hybridized carbons (Fsp3) is 0.286. The molecule has 1 unspecified atom stereocenters. The fourth-order valence-electron chi connectivity index (χ4n) is 3.54. The molecule has 3 heterocycles. The Morgan fingerprint density at radius 2 is 2.10 bits per heavy atom. The molecule has 2 aromatic heterocycles. The van der Waals surface area contributed by atoms with Gasteiger partial charge in [-0.1, -0.05) is 18.2 Å². The lowest BCUT2D eigenvalue weighted by atomic mass is 10.2. The van der Waals surface area contributed by atoms with Crippen LogP contribution in [0.3, 0.4) is 0 Å². The van der Waals surface area contributed by atoms with Crippen LogP contribution < -0.4 is 15.5 Å². The summed E-state index contributed by atoms with van der Waals surface area (Å²) in [5, 5.41) is 11.1. The number of rotatable bonds is 5. The van der Waals surface area contributed by atoms with E-state index >= 15 is 0 Å². The van der Waals surface area contributed by atoms with Crippen molar-refractivity contribution in [3.8, 4) is 5.69 Å². The first kappa shape index (κ1) is 18.9. The largest absolute Gasteiger partial charge is 0.352 e. The second-order valence-corrected chi connectivity index (χ2v) is 6.89. The third kappa shape index (κ3) is 4.37. The molecule has 0 aliphatic carbocycles. The Labute approximate surface area is 169 Å². The summed E-state index contributed by atoms with van der Waals surface area (Å²) in [5.41, 5.74) is 2.14. The maximum absolute atomic E-state index is 14.0. The quantitative estimate of drug-likeness (QED) is 0.514. The van der Waals surface area contributed by atoms with E-state index in [4.69, 9.17) is 0 Å². The molecule has 8 heteroatoms. The van der Waals surface area contributed by atoms with E-state index in [9.17, 15) is 4.39 Å². The molecule has 1 aromatic carbocycles. The minimum Gasteiger partial charge on any atom is -0.352 e. The molecule has 0 radical (unpaired) electrons. The van der Waals surface area contributed by atoms with Gasteiger partial charge in [0.25, 0.3) is 0 Å². The van der Waals surface area contributed by atoms with Crippen LogP contribution in [-0.2, 0) is 6.54 Å². The van der Waals surface area contributed by atoms with Crippen molar-refractivity contribution in [2.24, 2.45) is 4.99 Å². The van der Waals surface area contributed by atoms with Gasteiger partial charge in [-0.05, 0) is 36.2 Å². The van der Waals surface area contributed by atoms with E-state index in [2.05, 4.69) is 31.8 Å². The van der Waals surface area contributed by atoms with Crippen LogP contribution in [-0.4, -0.2) is 46.9 Å². The normalized spacial score (nSPS) is 16.8. The summed E-state index contributed by atoms with van der Waals surface area (Å²) >= 11 is 0. The highest BCUT2D eigenvalue weighted by Crippen LogP contribution is 2.20. The van der Waals surface area contributed by atoms with Crippen LogP contribution in [0.1, 0.15) is 12.0 Å². The third-order valence-corrected chi connectivity index (χ3v) is 4.98. The molecule has 150 valence electrons. The first-order chi connectivity index (χ1) is 14.2. The first-order valence-electron chi connectivity index (χ1n) is 9.65. The van der Waals surface area contributed by atoms with E-state index < -0.39 is 0 Å². The number of halogens is 1. The SMILES string of the molecule is CN=C(NCc1ccccc1-n1cccn1)NC1CCN(c2ncccc2F)C1. The van der Waals surface area contributed by atoms with Crippen LogP contribution in [0, 0.1) is 5.82 Å². The Balaban J connectivity index is 1.36. The molecule has 1 saturated heterocycles. The molecule has 7 nitrogen and oxygen atoms in total. The summed E-state index contributed by atoms with van der Waals surface area (Å²) in [7, 11) is 1.75. The number of aliphatic imine (C=N–C) groups is 1. The summed E-state index contributed by atoms with van der Waals surface area (Å²) in [6.07, 6.45) is 6.20. The summed E-state index contributed by atoms with van der Waals surface area (Å²) in [5.74, 6) is 0.840. The molecular formula is C21H24FN7. The molecule has 0 spiro atoms. The Morgan fingerprint density at radius 3 is 2.90 bits per heavy atom. The summed E-state index contributed by atoms with van der Waals surface area (Å²) < 4.78 is 15.8. The van der Waals surface area contributed by atoms with Crippen LogP contribution >= 0.6 is 0 Å². The molecule has 0 saturated carbocycles. The predicted octanol–water partition coefficient (Wildman–Crippen LogP) is 2.35. The lowest BCUT2D eigenvalue weighted by Gasteiger charge is -2.20. The van der Waals surface area contributed by atoms with Crippen LogP contribution in [0.5, 0.6) is 0 Å². The van der Waals surface area contributed by atoms with Crippen molar-refractivity contribution in [1.82, 2.24) is 25.4 Å². The van der Waals surface area contributed by atoms with Gasteiger partial charge in [-0.25, -0.2) is 14.1 Å². The molecule has 0 bridgehead atoms. The minimum absolute atomic E-state index is 0.170. The molecule has 0 amide bonds. The lowest BCUT2D eigenvalue weighted by Crippen LogP contribution is -2.44. The number of nitrogens with one attached hydrogen (secondary N) is 2. The molecule has 1 fully saturated rings. The number of aromatic nitrogens is 3. The Kier molecular flexibility index (Phi) is 5.69. The lowest BCUT2D eigenvalue weighted by molar-refractivity contribution is 0.612. The van der Waals surface area contributed by atoms with Crippen LogP contribution in [0.4, 0.5) is 10.2 Å². The highest BCUT2D eigenvalue weighted by molar-refractivity contribution is 5.80. The molecule has 1 atom stereocenters. The maximum Gasteiger partial charge on any atom is 0.191 e. The summed E-state index contributed by atoms with van der Waals surface area (Å²) in [6, 6.07) is 13.2. The number of hydrogen-bond donors (Lipinski definition) is 2. The average molecular weight is 393 g/mol. The molecule has 4 rings (SSSR count). The average Bonchev–Trinajstić information content (AvgIpc) is 3.44. The second-order valence-electron chi connectivity index (χ2n) is 6.89. The number of para-hydroxylation sites is 1. The van der Waals surface area contributed by atoms with E-state index in [0.717, 1.165) is 24.2 Å². The zero-order valence-corrected chi connectivity index (χ0v) is 16.3. The van der Waals surface area contributed by atoms with E-state index in [0.29, 0.717) is 24.9 Å². The van der Waals surface area contributed by atoms with Gasteiger partial charge in [0.2, 0.25) is 0 Å². The van der Waals surface area contributed by atoms with Crippen molar-refractivity contribution in [3.63, 3.8) is 0 Å². The van der Waals surface area contributed by atoms with Crippen LogP contribution in [0.15, 0.2) is 66.0 Å². The van der Waals surface area contributed by atoms with Gasteiger partial charge < -0.3 is 15.5 Å². The van der Waals surface area contributed by atoms with Crippen molar-refractivity contribution >= 4 is 11.8 Å². The predicted molar refractivity (Wildman–Crippen MR) is 112 cm³/mol. The van der Waals surface area contributed by atoms with Gasteiger partial charge >= 0.3 is 0 Å². The number of nitrogens with zero attached hydrogens (tertiary/aromatic N) is 5. The molecule has 3 aromatic rings. The van der Waals surface area contributed by atoms with Gasteiger partial charge in [0.05, 0.1) is 5.69 Å². The zero-order valence-electron chi connectivity index (χ0n) is 16.3. The number of anilines is 1. The molecule has 1 aliphatic heterocycles. The first-order valence-corrected chi connectivity index (χ1v) is 9.65. The summed E-state index contributed by atoms with van der Waals surface area (Å²) in [4.78, 5) is 10.5. The van der Waals surface area contributed by atoms with Gasteiger partial charge in [0, 0.05) is 51.3 Å². The molecule has 1 aliphatic rings. The van der Waals surface area contributed by atoms with Crippen LogP contribution in [0.2, 0.25) is 0 Å². The number of benzene rings is 1. The van der Waals surface area contributed by atoms with Crippen molar-refractivity contribution in [3.05, 3.63) is 72.4 Å². The maximum atomic E-state index is 14.0. The van der Waals surface area contributed by atoms with Crippen molar-refractivity contribution in [2.75, 3.05) is 25.0 Å². The van der Waals surface area contributed by atoms with Gasteiger partial charge in [0.1, 0.15) is 0 Å². The molecule has 29 heavy (non-hydrogen) atoms. The number of hydrogen-bond acceptors (Lipinski definition) is 4. The van der Waals surface area contributed by atoms with Gasteiger partial charge in [0.15, 0.2) is 17.6 Å². The highest BCUT2D eigenvalue weighted by atomic mass is 19.1.